The Morgan fingerprint density at radius 2 is 2.00 bits per heavy atom. The number of carbonyl (C=O) groups excluding carboxylic acids is 2. The zero-order valence-electron chi connectivity index (χ0n) is 12.5. The lowest BCUT2D eigenvalue weighted by molar-refractivity contribution is -0.134. The summed E-state index contributed by atoms with van der Waals surface area (Å²) in [5.74, 6) is -0.470. The summed E-state index contributed by atoms with van der Waals surface area (Å²) in [6.07, 6.45) is -0.530. The van der Waals surface area contributed by atoms with E-state index in [1.54, 1.807) is 33.8 Å². The van der Waals surface area contributed by atoms with E-state index in [0.29, 0.717) is 0 Å². The molecule has 1 aromatic rings. The average Bonchev–Trinajstić information content (AvgIpc) is 2.38. The summed E-state index contributed by atoms with van der Waals surface area (Å²) in [6.45, 7) is 6.83. The van der Waals surface area contributed by atoms with Gasteiger partial charge in [0.1, 0.15) is 11.7 Å². The van der Waals surface area contributed by atoms with Crippen molar-refractivity contribution in [2.24, 2.45) is 0 Å². The number of carbonyl (C=O) groups is 2. The molecule has 0 aliphatic carbocycles. The Morgan fingerprint density at radius 3 is 2.52 bits per heavy atom. The van der Waals surface area contributed by atoms with Crippen LogP contribution < -0.4 is 10.1 Å². The first-order chi connectivity index (χ1) is 9.76. The fourth-order valence-electron chi connectivity index (χ4n) is 1.43. The van der Waals surface area contributed by atoms with Crippen molar-refractivity contribution >= 4 is 17.7 Å². The summed E-state index contributed by atoms with van der Waals surface area (Å²) in [4.78, 5) is 23.2. The molecule has 0 bridgehead atoms. The Labute approximate surface area is 123 Å². The van der Waals surface area contributed by atoms with Gasteiger partial charge in [0.25, 0.3) is 0 Å². The molecule has 0 fully saturated rings. The Morgan fingerprint density at radius 1 is 1.33 bits per heavy atom. The van der Waals surface area contributed by atoms with E-state index in [1.165, 1.54) is 12.1 Å². The molecule has 0 aliphatic heterocycles. The molecule has 1 amide bonds. The molecule has 0 saturated carbocycles. The molecule has 0 spiro atoms. The molecule has 1 aromatic carbocycles. The number of benzene rings is 1. The number of amides is 1. The number of nitriles is 1. The van der Waals surface area contributed by atoms with Gasteiger partial charge >= 0.3 is 12.1 Å². The lowest BCUT2D eigenvalue weighted by Gasteiger charge is -2.20. The van der Waals surface area contributed by atoms with Gasteiger partial charge < -0.3 is 9.47 Å². The number of nitrogens with one attached hydrogen (secondary N) is 1. The van der Waals surface area contributed by atoms with E-state index in [4.69, 9.17) is 14.7 Å². The largest absolute Gasteiger partial charge is 0.444 e. The maximum atomic E-state index is 11.8. The van der Waals surface area contributed by atoms with Crippen LogP contribution >= 0.6 is 0 Å². The van der Waals surface area contributed by atoms with Crippen molar-refractivity contribution in [3.05, 3.63) is 23.8 Å². The number of hydrogen-bond donors (Lipinski definition) is 1. The third-order valence-corrected chi connectivity index (χ3v) is 2.28. The van der Waals surface area contributed by atoms with E-state index < -0.39 is 17.7 Å². The van der Waals surface area contributed by atoms with E-state index in [9.17, 15) is 9.59 Å². The molecular weight excluding hydrogens is 272 g/mol. The van der Waals surface area contributed by atoms with Gasteiger partial charge in [0.05, 0.1) is 11.3 Å². The number of rotatable bonds is 3. The fraction of sp³-hybridized carbons (Fsp3) is 0.400. The topological polar surface area (TPSA) is 88.4 Å². The van der Waals surface area contributed by atoms with Gasteiger partial charge in [-0.15, -0.1) is 0 Å². The first-order valence-corrected chi connectivity index (χ1v) is 6.50. The molecule has 0 aliphatic rings. The normalized spacial score (nSPS) is 10.4. The van der Waals surface area contributed by atoms with E-state index in [2.05, 4.69) is 5.32 Å². The molecular formula is C15H18N2O4. The highest BCUT2D eigenvalue weighted by Gasteiger charge is 2.19. The van der Waals surface area contributed by atoms with Crippen LogP contribution in [0.1, 0.15) is 39.7 Å². The fourth-order valence-corrected chi connectivity index (χ4v) is 1.43. The monoisotopic (exact) mass is 290 g/mol. The summed E-state index contributed by atoms with van der Waals surface area (Å²) in [5.41, 5.74) is -0.285. The van der Waals surface area contributed by atoms with Crippen molar-refractivity contribution < 1.29 is 19.1 Å². The number of para-hydroxylation sites is 1. The molecule has 6 heteroatoms. The molecule has 0 unspecified atom stereocenters. The Bertz CT molecular complexity index is 582. The predicted octanol–water partition coefficient (Wildman–Crippen LogP) is 3.22. The standard InChI is InChI=1S/C15H18N2O4/c1-5-12(18)20-13-10(9-16)7-6-8-11(13)17-14(19)21-15(2,3)4/h6-8H,5H2,1-4H3,(H,17,19). The van der Waals surface area contributed by atoms with Gasteiger partial charge in [0.2, 0.25) is 0 Å². The van der Waals surface area contributed by atoms with Gasteiger partial charge in [-0.05, 0) is 32.9 Å². The molecule has 0 heterocycles. The Hall–Kier alpha value is -2.55. The van der Waals surface area contributed by atoms with Crippen LogP contribution in [-0.2, 0) is 9.53 Å². The third-order valence-electron chi connectivity index (χ3n) is 2.28. The van der Waals surface area contributed by atoms with Crippen molar-refractivity contribution in [1.82, 2.24) is 0 Å². The van der Waals surface area contributed by atoms with Crippen LogP contribution in [0.5, 0.6) is 5.75 Å². The highest BCUT2D eigenvalue weighted by molar-refractivity contribution is 5.89. The van der Waals surface area contributed by atoms with Crippen molar-refractivity contribution in [1.29, 1.82) is 5.26 Å². The Balaban J connectivity index is 3.04. The van der Waals surface area contributed by atoms with Crippen molar-refractivity contribution in [2.45, 2.75) is 39.7 Å². The third kappa shape index (κ3) is 5.15. The van der Waals surface area contributed by atoms with Crippen LogP contribution in [0.4, 0.5) is 10.5 Å². The summed E-state index contributed by atoms with van der Waals surface area (Å²) in [6, 6.07) is 6.52. The minimum Gasteiger partial charge on any atom is -0.444 e. The molecule has 0 radical (unpaired) electrons. The first kappa shape index (κ1) is 16.5. The van der Waals surface area contributed by atoms with Gasteiger partial charge in [-0.25, -0.2) is 4.79 Å². The van der Waals surface area contributed by atoms with Crippen molar-refractivity contribution in [3.8, 4) is 11.8 Å². The van der Waals surface area contributed by atoms with Gasteiger partial charge in [-0.2, -0.15) is 5.26 Å². The van der Waals surface area contributed by atoms with Gasteiger partial charge in [-0.1, -0.05) is 13.0 Å². The molecule has 0 aromatic heterocycles. The van der Waals surface area contributed by atoms with E-state index >= 15 is 0 Å². The SMILES string of the molecule is CCC(=O)Oc1c(C#N)cccc1NC(=O)OC(C)(C)C. The van der Waals surface area contributed by atoms with Gasteiger partial charge in [0.15, 0.2) is 5.75 Å². The van der Waals surface area contributed by atoms with Gasteiger partial charge in [0, 0.05) is 6.42 Å². The van der Waals surface area contributed by atoms with Crippen LogP contribution in [0, 0.1) is 11.3 Å². The summed E-state index contributed by atoms with van der Waals surface area (Å²) >= 11 is 0. The summed E-state index contributed by atoms with van der Waals surface area (Å²) < 4.78 is 10.2. The second-order valence-electron chi connectivity index (χ2n) is 5.25. The minimum absolute atomic E-state index is 0.0257. The quantitative estimate of drug-likeness (QED) is 0.682. The van der Waals surface area contributed by atoms with Crippen molar-refractivity contribution in [3.63, 3.8) is 0 Å². The molecule has 1 rings (SSSR count). The van der Waals surface area contributed by atoms with E-state index in [1.807, 2.05) is 6.07 Å². The van der Waals surface area contributed by atoms with Crippen LogP contribution in [0.25, 0.3) is 0 Å². The molecule has 21 heavy (non-hydrogen) atoms. The number of ether oxygens (including phenoxy) is 2. The van der Waals surface area contributed by atoms with Crippen molar-refractivity contribution in [2.75, 3.05) is 5.32 Å². The highest BCUT2D eigenvalue weighted by Crippen LogP contribution is 2.29. The van der Waals surface area contributed by atoms with Crippen LogP contribution in [0.3, 0.4) is 0 Å². The van der Waals surface area contributed by atoms with Crippen LogP contribution in [0.2, 0.25) is 0 Å². The molecule has 0 saturated heterocycles. The number of hydrogen-bond acceptors (Lipinski definition) is 5. The molecule has 6 nitrogen and oxygen atoms in total. The molecule has 112 valence electrons. The zero-order valence-corrected chi connectivity index (χ0v) is 12.5. The second-order valence-corrected chi connectivity index (χ2v) is 5.25. The molecule has 1 N–H and O–H groups in total. The van der Waals surface area contributed by atoms with Crippen LogP contribution in [-0.4, -0.2) is 17.7 Å². The lowest BCUT2D eigenvalue weighted by atomic mass is 10.2. The van der Waals surface area contributed by atoms with Crippen LogP contribution in [0.15, 0.2) is 18.2 Å². The predicted molar refractivity (Wildman–Crippen MR) is 76.9 cm³/mol. The van der Waals surface area contributed by atoms with E-state index in [0.717, 1.165) is 0 Å². The smallest absolute Gasteiger partial charge is 0.412 e. The second kappa shape index (κ2) is 6.75. The maximum absolute atomic E-state index is 11.8. The molecule has 0 atom stereocenters. The summed E-state index contributed by atoms with van der Waals surface area (Å²) in [7, 11) is 0. The summed E-state index contributed by atoms with van der Waals surface area (Å²) in [5, 5.41) is 11.5. The highest BCUT2D eigenvalue weighted by atomic mass is 16.6. The van der Waals surface area contributed by atoms with E-state index in [-0.39, 0.29) is 23.4 Å². The lowest BCUT2D eigenvalue weighted by Crippen LogP contribution is -2.27. The number of nitrogens with zero attached hydrogens (tertiary/aromatic N) is 1. The first-order valence-electron chi connectivity index (χ1n) is 6.50. The van der Waals surface area contributed by atoms with Gasteiger partial charge in [-0.3, -0.25) is 10.1 Å². The number of esters is 1. The zero-order chi connectivity index (χ0) is 16.0. The Kier molecular flexibility index (Phi) is 5.30. The minimum atomic E-state index is -0.689. The number of anilines is 1. The maximum Gasteiger partial charge on any atom is 0.412 e. The average molecular weight is 290 g/mol.